The molecule has 0 amide bonds. The molecule has 0 bridgehead atoms. The summed E-state index contributed by atoms with van der Waals surface area (Å²) in [5.74, 6) is 3.48. The fraction of sp³-hybridized carbons (Fsp3) is 0.200. The second-order valence-corrected chi connectivity index (χ2v) is 4.90. The van der Waals surface area contributed by atoms with Crippen LogP contribution in [0.1, 0.15) is 0 Å². The summed E-state index contributed by atoms with van der Waals surface area (Å²) in [6, 6.07) is 3.60. The molecule has 116 valence electrons. The third-order valence-corrected chi connectivity index (χ3v) is 3.52. The zero-order valence-corrected chi connectivity index (χ0v) is 12.6. The topological polar surface area (TPSA) is 97.6 Å². The van der Waals surface area contributed by atoms with Gasteiger partial charge in [-0.15, -0.1) is 6.42 Å². The van der Waals surface area contributed by atoms with Crippen molar-refractivity contribution in [2.24, 2.45) is 7.05 Å². The Balaban J connectivity index is 2.24. The number of aryl methyl sites for hydroxylation is 1. The number of pyridine rings is 1. The summed E-state index contributed by atoms with van der Waals surface area (Å²) in [5, 5.41) is 2.92. The van der Waals surface area contributed by atoms with Gasteiger partial charge in [0.05, 0.1) is 6.54 Å². The highest BCUT2D eigenvalue weighted by atomic mass is 16.2. The summed E-state index contributed by atoms with van der Waals surface area (Å²) < 4.78 is 2.29. The highest BCUT2D eigenvalue weighted by Gasteiger charge is 2.15. The van der Waals surface area contributed by atoms with E-state index in [0.29, 0.717) is 17.2 Å². The Morgan fingerprint density at radius 1 is 1.39 bits per heavy atom. The van der Waals surface area contributed by atoms with Crippen molar-refractivity contribution in [1.82, 2.24) is 24.1 Å². The van der Waals surface area contributed by atoms with E-state index in [1.807, 2.05) is 6.07 Å². The average Bonchev–Trinajstić information content (AvgIpc) is 3.02. The van der Waals surface area contributed by atoms with Crippen molar-refractivity contribution in [2.75, 3.05) is 12.4 Å². The summed E-state index contributed by atoms with van der Waals surface area (Å²) in [6.45, 7) is -0.0891. The van der Waals surface area contributed by atoms with E-state index in [2.05, 4.69) is 26.2 Å². The van der Waals surface area contributed by atoms with Gasteiger partial charge in [-0.25, -0.2) is 19.3 Å². The number of H-pyrrole nitrogens is 1. The lowest BCUT2D eigenvalue weighted by Gasteiger charge is -2.03. The molecule has 0 aliphatic heterocycles. The number of nitrogens with zero attached hydrogens (tertiary/aromatic N) is 4. The quantitative estimate of drug-likeness (QED) is 0.672. The summed E-state index contributed by atoms with van der Waals surface area (Å²) in [5.41, 5.74) is 0.230. The first-order valence-corrected chi connectivity index (χ1v) is 6.84. The minimum atomic E-state index is -0.498. The number of nitrogens with one attached hydrogen (secondary N) is 2. The molecule has 0 saturated carbocycles. The van der Waals surface area contributed by atoms with Gasteiger partial charge in [-0.2, -0.15) is 0 Å². The van der Waals surface area contributed by atoms with E-state index in [-0.39, 0.29) is 17.7 Å². The summed E-state index contributed by atoms with van der Waals surface area (Å²) in [4.78, 5) is 36.1. The fourth-order valence-corrected chi connectivity index (χ4v) is 2.30. The number of rotatable bonds is 3. The normalized spacial score (nSPS) is 10.7. The Bertz CT molecular complexity index is 1030. The standard InChI is InChI=1S/C15H14N6O2/c1-4-7-21-14(22)11-13(20(3)15(21)23)19-12(18-11)9-5-6-10(16-2)17-8-9/h1,5-6,8H,7H2,2-3H3,(H,16,17)(H,18,19). The van der Waals surface area contributed by atoms with Gasteiger partial charge in [0.1, 0.15) is 17.2 Å². The molecule has 8 heteroatoms. The van der Waals surface area contributed by atoms with Crippen molar-refractivity contribution < 1.29 is 0 Å². The zero-order valence-electron chi connectivity index (χ0n) is 12.6. The number of imidazole rings is 1. The number of aromatic amines is 1. The third kappa shape index (κ3) is 2.28. The maximum absolute atomic E-state index is 12.4. The smallest absolute Gasteiger partial charge is 0.333 e. The summed E-state index contributed by atoms with van der Waals surface area (Å²) in [7, 11) is 3.32. The molecule has 0 radical (unpaired) electrons. The number of terminal acetylenes is 1. The molecule has 0 unspecified atom stereocenters. The van der Waals surface area contributed by atoms with Crippen LogP contribution in [-0.2, 0) is 13.6 Å². The van der Waals surface area contributed by atoms with Crippen LogP contribution in [0.3, 0.4) is 0 Å². The minimum Gasteiger partial charge on any atom is -0.373 e. The predicted molar refractivity (Wildman–Crippen MR) is 87.2 cm³/mol. The molecule has 0 aliphatic carbocycles. The Morgan fingerprint density at radius 3 is 2.78 bits per heavy atom. The number of aromatic nitrogens is 5. The predicted octanol–water partition coefficient (Wildman–Crippen LogP) is 0.160. The van der Waals surface area contributed by atoms with Crippen molar-refractivity contribution in [3.8, 4) is 23.7 Å². The average molecular weight is 310 g/mol. The number of hydrogen-bond donors (Lipinski definition) is 2. The van der Waals surface area contributed by atoms with Crippen LogP contribution in [0.25, 0.3) is 22.6 Å². The molecule has 3 heterocycles. The Kier molecular flexibility index (Phi) is 3.46. The Morgan fingerprint density at radius 2 is 2.17 bits per heavy atom. The molecule has 3 aromatic rings. The van der Waals surface area contributed by atoms with E-state index < -0.39 is 11.2 Å². The van der Waals surface area contributed by atoms with Gasteiger partial charge in [0.25, 0.3) is 5.56 Å². The third-order valence-electron chi connectivity index (χ3n) is 3.52. The molecule has 0 aliphatic rings. The molecule has 0 aromatic carbocycles. The van der Waals surface area contributed by atoms with Gasteiger partial charge < -0.3 is 10.3 Å². The van der Waals surface area contributed by atoms with E-state index in [9.17, 15) is 9.59 Å². The van der Waals surface area contributed by atoms with Crippen LogP contribution in [0.15, 0.2) is 27.9 Å². The second-order valence-electron chi connectivity index (χ2n) is 4.90. The molecule has 3 aromatic heterocycles. The maximum Gasteiger partial charge on any atom is 0.333 e. The van der Waals surface area contributed by atoms with E-state index in [1.165, 1.54) is 4.57 Å². The van der Waals surface area contributed by atoms with Gasteiger partial charge in [-0.05, 0) is 12.1 Å². The van der Waals surface area contributed by atoms with Crippen LogP contribution >= 0.6 is 0 Å². The number of hydrogen-bond acceptors (Lipinski definition) is 5. The second kappa shape index (κ2) is 5.46. The molecule has 0 spiro atoms. The molecule has 0 saturated heterocycles. The van der Waals surface area contributed by atoms with Gasteiger partial charge in [-0.1, -0.05) is 5.92 Å². The van der Waals surface area contributed by atoms with Gasteiger partial charge in [0.2, 0.25) is 0 Å². The monoisotopic (exact) mass is 310 g/mol. The first-order valence-electron chi connectivity index (χ1n) is 6.84. The van der Waals surface area contributed by atoms with Crippen molar-refractivity contribution in [2.45, 2.75) is 6.54 Å². The molecule has 3 rings (SSSR count). The lowest BCUT2D eigenvalue weighted by Crippen LogP contribution is -2.38. The molecular formula is C15H14N6O2. The van der Waals surface area contributed by atoms with Crippen LogP contribution < -0.4 is 16.6 Å². The minimum absolute atomic E-state index is 0.0891. The summed E-state index contributed by atoms with van der Waals surface area (Å²) in [6.07, 6.45) is 6.84. The van der Waals surface area contributed by atoms with Gasteiger partial charge in [-0.3, -0.25) is 9.36 Å². The Hall–Kier alpha value is -3.34. The zero-order chi connectivity index (χ0) is 16.6. The number of fused-ring (bicyclic) bond motifs is 1. The van der Waals surface area contributed by atoms with Crippen LogP contribution in [0.5, 0.6) is 0 Å². The fourth-order valence-electron chi connectivity index (χ4n) is 2.30. The molecule has 0 fully saturated rings. The van der Waals surface area contributed by atoms with E-state index >= 15 is 0 Å². The van der Waals surface area contributed by atoms with Crippen LogP contribution in [0.4, 0.5) is 5.82 Å². The first kappa shape index (κ1) is 14.6. The van der Waals surface area contributed by atoms with Crippen LogP contribution in [-0.4, -0.2) is 31.1 Å². The van der Waals surface area contributed by atoms with Gasteiger partial charge in [0.15, 0.2) is 5.65 Å². The van der Waals surface area contributed by atoms with Crippen molar-refractivity contribution >= 4 is 17.0 Å². The van der Waals surface area contributed by atoms with Gasteiger partial charge >= 0.3 is 5.69 Å². The van der Waals surface area contributed by atoms with Crippen LogP contribution in [0, 0.1) is 12.3 Å². The highest BCUT2D eigenvalue weighted by Crippen LogP contribution is 2.18. The largest absolute Gasteiger partial charge is 0.373 e. The lowest BCUT2D eigenvalue weighted by molar-refractivity contribution is 0.676. The highest BCUT2D eigenvalue weighted by molar-refractivity contribution is 5.75. The molecule has 0 atom stereocenters. The van der Waals surface area contributed by atoms with Crippen molar-refractivity contribution in [3.05, 3.63) is 39.2 Å². The maximum atomic E-state index is 12.4. The van der Waals surface area contributed by atoms with E-state index in [4.69, 9.17) is 6.42 Å². The van der Waals surface area contributed by atoms with Crippen molar-refractivity contribution in [3.63, 3.8) is 0 Å². The molecule has 8 nitrogen and oxygen atoms in total. The lowest BCUT2D eigenvalue weighted by atomic mass is 10.3. The van der Waals surface area contributed by atoms with E-state index in [0.717, 1.165) is 4.57 Å². The van der Waals surface area contributed by atoms with Crippen LogP contribution in [0.2, 0.25) is 0 Å². The van der Waals surface area contributed by atoms with Gasteiger partial charge in [0, 0.05) is 25.9 Å². The van der Waals surface area contributed by atoms with Crippen molar-refractivity contribution in [1.29, 1.82) is 0 Å². The first-order chi connectivity index (χ1) is 11.1. The molecular weight excluding hydrogens is 296 g/mol. The summed E-state index contributed by atoms with van der Waals surface area (Å²) >= 11 is 0. The number of anilines is 1. The Labute approximate surface area is 130 Å². The SMILES string of the molecule is C#CCn1c(=O)c2[nH]c(-c3ccc(NC)nc3)nc2n(C)c1=O. The van der Waals surface area contributed by atoms with E-state index in [1.54, 1.807) is 26.4 Å². The molecule has 23 heavy (non-hydrogen) atoms. The molecule has 2 N–H and O–H groups in total.